The Hall–Kier alpha value is -2.99. The molecule has 0 radical (unpaired) electrons. The summed E-state index contributed by atoms with van der Waals surface area (Å²) in [6, 6.07) is 14.1. The number of rotatable bonds is 4. The van der Waals surface area contributed by atoms with Gasteiger partial charge in [0.05, 0.1) is 17.8 Å². The van der Waals surface area contributed by atoms with Gasteiger partial charge in [-0.2, -0.15) is 0 Å². The zero-order valence-corrected chi connectivity index (χ0v) is 16.8. The molecule has 1 atom stereocenters. The summed E-state index contributed by atoms with van der Waals surface area (Å²) in [7, 11) is 0. The van der Waals surface area contributed by atoms with Crippen LogP contribution in [0.4, 0.5) is 0 Å². The molecule has 0 aliphatic carbocycles. The number of carbonyl (C=O) groups excluding carboxylic acids is 1. The molecule has 6 heteroatoms. The third-order valence-electron chi connectivity index (χ3n) is 5.12. The van der Waals surface area contributed by atoms with Gasteiger partial charge in [0.25, 0.3) is 5.56 Å². The third kappa shape index (κ3) is 3.31. The highest BCUT2D eigenvalue weighted by molar-refractivity contribution is 7.18. The summed E-state index contributed by atoms with van der Waals surface area (Å²) in [4.78, 5) is 31.4. The molecule has 2 aromatic heterocycles. The van der Waals surface area contributed by atoms with Gasteiger partial charge in [0.2, 0.25) is 5.91 Å². The summed E-state index contributed by atoms with van der Waals surface area (Å²) in [5, 5.41) is 5.89. The Morgan fingerprint density at radius 1 is 1.18 bits per heavy atom. The molecule has 0 fully saturated rings. The molecule has 2 aromatic carbocycles. The predicted molar refractivity (Wildman–Crippen MR) is 114 cm³/mol. The van der Waals surface area contributed by atoms with E-state index in [1.165, 1.54) is 22.2 Å². The zero-order valence-electron chi connectivity index (χ0n) is 16.0. The van der Waals surface area contributed by atoms with Crippen LogP contribution in [0, 0.1) is 13.8 Å². The summed E-state index contributed by atoms with van der Waals surface area (Å²) < 4.78 is 1.38. The van der Waals surface area contributed by atoms with Crippen LogP contribution in [0.5, 0.6) is 0 Å². The number of fused-ring (bicyclic) bond motifs is 2. The summed E-state index contributed by atoms with van der Waals surface area (Å²) in [6.45, 7) is 5.79. The largest absolute Gasteiger partial charge is 0.348 e. The van der Waals surface area contributed by atoms with Crippen molar-refractivity contribution in [2.45, 2.75) is 33.4 Å². The third-order valence-corrected chi connectivity index (χ3v) is 6.24. The summed E-state index contributed by atoms with van der Waals surface area (Å²) in [5.41, 5.74) is 1.80. The van der Waals surface area contributed by atoms with Gasteiger partial charge in [-0.15, -0.1) is 11.3 Å². The minimum absolute atomic E-state index is 0.0476. The maximum atomic E-state index is 12.7. The first kappa shape index (κ1) is 18.4. The lowest BCUT2D eigenvalue weighted by Gasteiger charge is -2.15. The lowest BCUT2D eigenvalue weighted by atomic mass is 10.0. The first-order valence-electron chi connectivity index (χ1n) is 9.17. The quantitative estimate of drug-likeness (QED) is 0.569. The van der Waals surface area contributed by atoms with Crippen LogP contribution in [0.15, 0.2) is 53.6 Å². The summed E-state index contributed by atoms with van der Waals surface area (Å²) in [6.07, 6.45) is 1.46. The Balaban J connectivity index is 1.53. The fourth-order valence-electron chi connectivity index (χ4n) is 3.38. The second-order valence-corrected chi connectivity index (χ2v) is 8.24. The van der Waals surface area contributed by atoms with E-state index in [1.807, 2.05) is 39.0 Å². The lowest BCUT2D eigenvalue weighted by molar-refractivity contribution is -0.122. The van der Waals surface area contributed by atoms with E-state index in [0.717, 1.165) is 31.6 Å². The summed E-state index contributed by atoms with van der Waals surface area (Å²) >= 11 is 1.50. The van der Waals surface area contributed by atoms with E-state index in [2.05, 4.69) is 34.6 Å². The maximum Gasteiger partial charge on any atom is 0.262 e. The molecule has 0 aliphatic rings. The van der Waals surface area contributed by atoms with Crippen molar-refractivity contribution in [3.05, 3.63) is 75.1 Å². The van der Waals surface area contributed by atoms with Crippen molar-refractivity contribution >= 4 is 38.2 Å². The molecule has 4 aromatic rings. The van der Waals surface area contributed by atoms with Crippen molar-refractivity contribution in [2.24, 2.45) is 0 Å². The first-order chi connectivity index (χ1) is 13.4. The SMILES string of the molecule is Cc1sc2ncn(CC(=O)N[C@H](C)c3ccc4ccccc4c3)c(=O)c2c1C. The Morgan fingerprint density at radius 2 is 1.93 bits per heavy atom. The minimum atomic E-state index is -0.214. The Labute approximate surface area is 166 Å². The van der Waals surface area contributed by atoms with Crippen LogP contribution in [0.25, 0.3) is 21.0 Å². The molecule has 28 heavy (non-hydrogen) atoms. The van der Waals surface area contributed by atoms with E-state index in [4.69, 9.17) is 0 Å². The number of nitrogens with one attached hydrogen (secondary N) is 1. The number of thiophene rings is 1. The highest BCUT2D eigenvalue weighted by atomic mass is 32.1. The van der Waals surface area contributed by atoms with E-state index >= 15 is 0 Å². The van der Waals surface area contributed by atoms with Gasteiger partial charge in [-0.1, -0.05) is 36.4 Å². The second-order valence-electron chi connectivity index (χ2n) is 7.04. The van der Waals surface area contributed by atoms with E-state index in [-0.39, 0.29) is 24.1 Å². The van der Waals surface area contributed by atoms with Crippen LogP contribution in [-0.2, 0) is 11.3 Å². The van der Waals surface area contributed by atoms with Gasteiger partial charge < -0.3 is 5.32 Å². The monoisotopic (exact) mass is 391 g/mol. The highest BCUT2D eigenvalue weighted by Gasteiger charge is 2.15. The van der Waals surface area contributed by atoms with E-state index in [1.54, 1.807) is 0 Å². The van der Waals surface area contributed by atoms with Gasteiger partial charge in [0.1, 0.15) is 11.4 Å². The van der Waals surface area contributed by atoms with E-state index in [9.17, 15) is 9.59 Å². The summed E-state index contributed by atoms with van der Waals surface area (Å²) in [5.74, 6) is -0.214. The molecule has 0 spiro atoms. The van der Waals surface area contributed by atoms with Crippen LogP contribution in [-0.4, -0.2) is 15.5 Å². The number of nitrogens with zero attached hydrogens (tertiary/aromatic N) is 2. The van der Waals surface area contributed by atoms with Crippen LogP contribution >= 0.6 is 11.3 Å². The smallest absolute Gasteiger partial charge is 0.262 e. The van der Waals surface area contributed by atoms with E-state index in [0.29, 0.717) is 5.39 Å². The fraction of sp³-hybridized carbons (Fsp3) is 0.227. The molecule has 4 rings (SSSR count). The van der Waals surface area contributed by atoms with Crippen LogP contribution in [0.2, 0.25) is 0 Å². The average molecular weight is 391 g/mol. The van der Waals surface area contributed by atoms with Gasteiger partial charge in [-0.05, 0) is 48.7 Å². The Kier molecular flexibility index (Phi) is 4.73. The van der Waals surface area contributed by atoms with E-state index < -0.39 is 0 Å². The van der Waals surface area contributed by atoms with Gasteiger partial charge >= 0.3 is 0 Å². The molecule has 0 bridgehead atoms. The topological polar surface area (TPSA) is 64.0 Å². The number of amides is 1. The molecule has 0 saturated carbocycles. The number of carbonyl (C=O) groups is 1. The molecule has 142 valence electrons. The van der Waals surface area contributed by atoms with Gasteiger partial charge in [-0.25, -0.2) is 4.98 Å². The van der Waals surface area contributed by atoms with Crippen molar-refractivity contribution in [2.75, 3.05) is 0 Å². The van der Waals surface area contributed by atoms with Crippen molar-refractivity contribution in [3.8, 4) is 0 Å². The van der Waals surface area contributed by atoms with Gasteiger partial charge in [0.15, 0.2) is 0 Å². The molecule has 0 unspecified atom stereocenters. The second kappa shape index (κ2) is 7.20. The number of benzene rings is 2. The lowest BCUT2D eigenvalue weighted by Crippen LogP contribution is -2.34. The number of aromatic nitrogens is 2. The standard InChI is InChI=1S/C22H21N3O2S/c1-13-15(3)28-21-20(13)22(27)25(12-23-21)11-19(26)24-14(2)17-9-8-16-6-4-5-7-18(16)10-17/h4-10,12,14H,11H2,1-3H3,(H,24,26)/t14-/m1/s1. The Morgan fingerprint density at radius 3 is 2.71 bits per heavy atom. The number of hydrogen-bond acceptors (Lipinski definition) is 4. The van der Waals surface area contributed by atoms with Gasteiger partial charge in [0, 0.05) is 4.88 Å². The maximum absolute atomic E-state index is 12.7. The van der Waals surface area contributed by atoms with Crippen LogP contribution in [0.1, 0.15) is 29.0 Å². The van der Waals surface area contributed by atoms with Crippen LogP contribution < -0.4 is 10.9 Å². The normalized spacial score (nSPS) is 12.4. The van der Waals surface area contributed by atoms with Crippen molar-refractivity contribution in [1.29, 1.82) is 0 Å². The van der Waals surface area contributed by atoms with Crippen molar-refractivity contribution in [1.82, 2.24) is 14.9 Å². The number of hydrogen-bond donors (Lipinski definition) is 1. The molecular weight excluding hydrogens is 370 g/mol. The fourth-order valence-corrected chi connectivity index (χ4v) is 4.37. The molecule has 0 saturated heterocycles. The molecule has 1 N–H and O–H groups in total. The molecule has 1 amide bonds. The average Bonchev–Trinajstić information content (AvgIpc) is 2.98. The van der Waals surface area contributed by atoms with Gasteiger partial charge in [-0.3, -0.25) is 14.2 Å². The molecule has 2 heterocycles. The minimum Gasteiger partial charge on any atom is -0.348 e. The zero-order chi connectivity index (χ0) is 19.8. The highest BCUT2D eigenvalue weighted by Crippen LogP contribution is 2.25. The number of aryl methyl sites for hydroxylation is 2. The first-order valence-corrected chi connectivity index (χ1v) is 9.99. The van der Waals surface area contributed by atoms with Crippen LogP contribution in [0.3, 0.4) is 0 Å². The molecule has 0 aliphatic heterocycles. The predicted octanol–water partition coefficient (Wildman–Crippen LogP) is 4.11. The van der Waals surface area contributed by atoms with Crippen molar-refractivity contribution < 1.29 is 4.79 Å². The Bertz CT molecular complexity index is 1260. The van der Waals surface area contributed by atoms with Crippen molar-refractivity contribution in [3.63, 3.8) is 0 Å². The molecular formula is C22H21N3O2S. The molecule has 5 nitrogen and oxygen atoms in total.